The number of phosphoric ester groups is 2. The number of phosphoric acid groups is 2. The van der Waals surface area contributed by atoms with E-state index in [0.29, 0.717) is 31.6 Å². The van der Waals surface area contributed by atoms with Crippen LogP contribution in [0.15, 0.2) is 0 Å². The maximum Gasteiger partial charge on any atom is 0.472 e. The lowest BCUT2D eigenvalue weighted by Crippen LogP contribution is -2.30. The van der Waals surface area contributed by atoms with Gasteiger partial charge in [-0.15, -0.1) is 0 Å². The van der Waals surface area contributed by atoms with Crippen LogP contribution in [-0.4, -0.2) is 96.7 Å². The number of carbonyl (C=O) groups excluding carboxylic acids is 4. The second-order valence-electron chi connectivity index (χ2n) is 22.6. The molecule has 0 aromatic rings. The largest absolute Gasteiger partial charge is 0.472 e. The van der Waals surface area contributed by atoms with Crippen molar-refractivity contribution in [2.45, 2.75) is 323 Å². The van der Waals surface area contributed by atoms with Crippen molar-refractivity contribution in [3.8, 4) is 0 Å². The molecular formula is C61H118O17P2. The second-order valence-corrected chi connectivity index (χ2v) is 25.5. The topological polar surface area (TPSA) is 237 Å². The number of aliphatic hydroxyl groups excluding tert-OH is 1. The quantitative estimate of drug-likeness (QED) is 0.0222. The maximum absolute atomic E-state index is 12.9. The molecule has 19 heteroatoms. The number of unbranched alkanes of at least 4 members (excludes halogenated alkanes) is 33. The molecule has 17 nitrogen and oxygen atoms in total. The number of aliphatic hydroxyl groups is 1. The summed E-state index contributed by atoms with van der Waals surface area (Å²) in [4.78, 5) is 71.8. The number of rotatable bonds is 61. The van der Waals surface area contributed by atoms with Gasteiger partial charge in [0.05, 0.1) is 26.4 Å². The van der Waals surface area contributed by atoms with Crippen LogP contribution >= 0.6 is 15.6 Å². The zero-order valence-corrected chi connectivity index (χ0v) is 53.0. The fourth-order valence-electron chi connectivity index (χ4n) is 9.05. The molecular weight excluding hydrogens is 1070 g/mol. The number of hydrogen-bond acceptors (Lipinski definition) is 15. The molecule has 0 aromatic heterocycles. The van der Waals surface area contributed by atoms with Gasteiger partial charge in [-0.3, -0.25) is 37.3 Å². The predicted molar refractivity (Wildman–Crippen MR) is 317 cm³/mol. The molecule has 0 spiro atoms. The van der Waals surface area contributed by atoms with Gasteiger partial charge in [-0.1, -0.05) is 253 Å². The van der Waals surface area contributed by atoms with Crippen LogP contribution in [0.1, 0.15) is 304 Å². The van der Waals surface area contributed by atoms with Crippen molar-refractivity contribution < 1.29 is 80.2 Å². The summed E-state index contributed by atoms with van der Waals surface area (Å²) >= 11 is 0. The third-order valence-electron chi connectivity index (χ3n) is 14.0. The third-order valence-corrected chi connectivity index (χ3v) is 15.9. The van der Waals surface area contributed by atoms with Crippen molar-refractivity contribution in [3.05, 3.63) is 0 Å². The Bertz CT molecular complexity index is 1570. The molecule has 0 aliphatic carbocycles. The van der Waals surface area contributed by atoms with Crippen LogP contribution in [0.2, 0.25) is 0 Å². The first kappa shape index (κ1) is 78.1. The molecule has 0 saturated carbocycles. The zero-order chi connectivity index (χ0) is 59.2. The molecule has 0 radical (unpaired) electrons. The molecule has 80 heavy (non-hydrogen) atoms. The summed E-state index contributed by atoms with van der Waals surface area (Å²) in [5.41, 5.74) is 0. The summed E-state index contributed by atoms with van der Waals surface area (Å²) in [5.74, 6) is -1.48. The average molecular weight is 1190 g/mol. The smallest absolute Gasteiger partial charge is 0.462 e. The molecule has 0 amide bonds. The van der Waals surface area contributed by atoms with Crippen molar-refractivity contribution in [3.63, 3.8) is 0 Å². The van der Waals surface area contributed by atoms with Crippen LogP contribution in [-0.2, 0) is 65.4 Å². The molecule has 0 saturated heterocycles. The van der Waals surface area contributed by atoms with Gasteiger partial charge >= 0.3 is 39.5 Å². The minimum Gasteiger partial charge on any atom is -0.462 e. The summed E-state index contributed by atoms with van der Waals surface area (Å²) in [5, 5.41) is 10.5. The molecule has 0 fully saturated rings. The molecule has 0 aromatic carbocycles. The van der Waals surface area contributed by atoms with Crippen molar-refractivity contribution in [1.82, 2.24) is 0 Å². The Labute approximate surface area is 486 Å². The van der Waals surface area contributed by atoms with Gasteiger partial charge in [-0.05, 0) is 31.6 Å². The van der Waals surface area contributed by atoms with Gasteiger partial charge in [0, 0.05) is 25.7 Å². The lowest BCUT2D eigenvalue weighted by molar-refractivity contribution is -0.161. The lowest BCUT2D eigenvalue weighted by Gasteiger charge is -2.21. The van der Waals surface area contributed by atoms with Gasteiger partial charge in [0.2, 0.25) is 0 Å². The minimum absolute atomic E-state index is 0.101. The number of carbonyl (C=O) groups is 4. The van der Waals surface area contributed by atoms with E-state index in [1.54, 1.807) is 0 Å². The number of hydrogen-bond donors (Lipinski definition) is 3. The SMILES string of the molecule is CCCCCCCCCCCCCCCCCCC(=O)O[C@H](COC(=O)CCCCCCCCCCCC)COP(=O)(O)OC[C@@H](O)COP(=O)(O)OC[C@@H](COC(=O)CCCCCCC)OC(=O)CCCCCCCCC(C)C. The molecule has 3 N–H and O–H groups in total. The van der Waals surface area contributed by atoms with Gasteiger partial charge < -0.3 is 33.8 Å². The Hall–Kier alpha value is -1.94. The van der Waals surface area contributed by atoms with E-state index in [9.17, 15) is 43.2 Å². The van der Waals surface area contributed by atoms with Crippen molar-refractivity contribution >= 4 is 39.5 Å². The van der Waals surface area contributed by atoms with E-state index in [2.05, 4.69) is 34.6 Å². The van der Waals surface area contributed by atoms with Gasteiger partial charge in [-0.25, -0.2) is 9.13 Å². The predicted octanol–water partition coefficient (Wildman–Crippen LogP) is 16.6. The van der Waals surface area contributed by atoms with Gasteiger partial charge in [0.15, 0.2) is 12.2 Å². The molecule has 0 heterocycles. The van der Waals surface area contributed by atoms with Crippen LogP contribution in [0.3, 0.4) is 0 Å². The van der Waals surface area contributed by atoms with Crippen molar-refractivity contribution in [2.75, 3.05) is 39.6 Å². The maximum atomic E-state index is 12.9. The summed E-state index contributed by atoms with van der Waals surface area (Å²) in [6.45, 7) is 6.98. The zero-order valence-electron chi connectivity index (χ0n) is 51.2. The number of ether oxygens (including phenoxy) is 4. The summed E-state index contributed by atoms with van der Waals surface area (Å²) in [6.07, 6.45) is 38.1. The van der Waals surface area contributed by atoms with Gasteiger partial charge in [-0.2, -0.15) is 0 Å². The lowest BCUT2D eigenvalue weighted by atomic mass is 10.0. The highest BCUT2D eigenvalue weighted by molar-refractivity contribution is 7.47. The van der Waals surface area contributed by atoms with E-state index in [1.165, 1.54) is 122 Å². The van der Waals surface area contributed by atoms with Crippen LogP contribution in [0.25, 0.3) is 0 Å². The molecule has 0 aliphatic rings. The van der Waals surface area contributed by atoms with Crippen LogP contribution in [0, 0.1) is 5.92 Å². The number of esters is 4. The van der Waals surface area contributed by atoms with Crippen LogP contribution in [0.4, 0.5) is 0 Å². The van der Waals surface area contributed by atoms with E-state index >= 15 is 0 Å². The molecule has 0 bridgehead atoms. The van der Waals surface area contributed by atoms with Crippen LogP contribution < -0.4 is 0 Å². The first-order valence-corrected chi connectivity index (χ1v) is 35.1. The van der Waals surface area contributed by atoms with E-state index < -0.39 is 97.5 Å². The Morgan fingerprint density at radius 1 is 0.338 bits per heavy atom. The Balaban J connectivity index is 5.15. The highest BCUT2D eigenvalue weighted by Gasteiger charge is 2.30. The van der Waals surface area contributed by atoms with Crippen molar-refractivity contribution in [1.29, 1.82) is 0 Å². The molecule has 0 rings (SSSR count). The van der Waals surface area contributed by atoms with E-state index in [4.69, 9.17) is 37.0 Å². The first-order valence-electron chi connectivity index (χ1n) is 32.1. The van der Waals surface area contributed by atoms with E-state index in [-0.39, 0.29) is 25.7 Å². The fraction of sp³-hybridized carbons (Fsp3) is 0.934. The second kappa shape index (κ2) is 55.0. The fourth-order valence-corrected chi connectivity index (χ4v) is 10.6. The highest BCUT2D eigenvalue weighted by Crippen LogP contribution is 2.45. The Morgan fingerprint density at radius 2 is 0.575 bits per heavy atom. The summed E-state index contributed by atoms with van der Waals surface area (Å²) < 4.78 is 67.6. The Kier molecular flexibility index (Phi) is 53.6. The van der Waals surface area contributed by atoms with E-state index in [1.807, 2.05) is 0 Å². The van der Waals surface area contributed by atoms with Crippen LogP contribution in [0.5, 0.6) is 0 Å². The first-order chi connectivity index (χ1) is 38.5. The standard InChI is InChI=1S/C61H118O17P2/c1-6-9-12-15-17-19-21-22-23-24-25-26-28-30-36-41-46-60(65)77-57(51-72-59(64)45-40-35-29-27-20-18-16-13-10-7-2)53-76-80(69,70)74-49-55(62)48-73-79(67,68)75-52-56(50-71-58(63)44-39-33-14-11-8-3)78-61(66)47-42-37-32-31-34-38-43-54(4)5/h54-57,62H,6-53H2,1-5H3,(H,67,68)(H,69,70)/t55-,56+,57+/m0/s1. The normalized spacial score (nSPS) is 14.3. The summed E-state index contributed by atoms with van der Waals surface area (Å²) in [6, 6.07) is 0. The minimum atomic E-state index is -4.94. The van der Waals surface area contributed by atoms with Crippen molar-refractivity contribution in [2.24, 2.45) is 5.92 Å². The van der Waals surface area contributed by atoms with Gasteiger partial charge in [0.1, 0.15) is 19.3 Å². The molecule has 0 aliphatic heterocycles. The molecule has 2 unspecified atom stereocenters. The highest BCUT2D eigenvalue weighted by atomic mass is 31.2. The third kappa shape index (κ3) is 55.3. The monoisotopic (exact) mass is 1180 g/mol. The molecule has 5 atom stereocenters. The Morgan fingerprint density at radius 3 is 0.850 bits per heavy atom. The summed E-state index contributed by atoms with van der Waals surface area (Å²) in [7, 11) is -9.87. The van der Waals surface area contributed by atoms with Gasteiger partial charge in [0.25, 0.3) is 0 Å². The average Bonchev–Trinajstić information content (AvgIpc) is 3.42. The van der Waals surface area contributed by atoms with E-state index in [0.717, 1.165) is 96.3 Å². The molecule has 474 valence electrons.